The number of primary amides is 1. The lowest BCUT2D eigenvalue weighted by atomic mass is 9.89. The number of rotatable bonds is 4. The Morgan fingerprint density at radius 2 is 1.62 bits per heavy atom. The molecule has 2 N–H and O–H groups in total. The van der Waals surface area contributed by atoms with Crippen molar-refractivity contribution in [1.82, 2.24) is 4.90 Å². The zero-order valence-corrected chi connectivity index (χ0v) is 12.0. The third-order valence-electron chi connectivity index (χ3n) is 4.24. The largest absolute Gasteiger partial charge is 0.369 e. The summed E-state index contributed by atoms with van der Waals surface area (Å²) in [6, 6.07) is 20.6. The van der Waals surface area contributed by atoms with Crippen LogP contribution in [0.3, 0.4) is 0 Å². The predicted molar refractivity (Wildman–Crippen MR) is 83.6 cm³/mol. The van der Waals surface area contributed by atoms with Gasteiger partial charge in [-0.15, -0.1) is 0 Å². The molecule has 2 aromatic rings. The highest BCUT2D eigenvalue weighted by Crippen LogP contribution is 2.33. The Labute approximate surface area is 125 Å². The van der Waals surface area contributed by atoms with Crippen molar-refractivity contribution in [2.75, 3.05) is 13.1 Å². The zero-order valence-electron chi connectivity index (χ0n) is 12.0. The van der Waals surface area contributed by atoms with Gasteiger partial charge in [-0.3, -0.25) is 9.69 Å². The third-order valence-corrected chi connectivity index (χ3v) is 4.24. The van der Waals surface area contributed by atoms with Crippen molar-refractivity contribution in [3.05, 3.63) is 71.8 Å². The van der Waals surface area contributed by atoms with Crippen LogP contribution in [0.1, 0.15) is 17.0 Å². The van der Waals surface area contributed by atoms with Crippen LogP contribution < -0.4 is 5.73 Å². The lowest BCUT2D eigenvalue weighted by Gasteiger charge is -2.16. The van der Waals surface area contributed by atoms with Gasteiger partial charge < -0.3 is 5.73 Å². The first-order valence-electron chi connectivity index (χ1n) is 7.34. The Balaban J connectivity index is 1.77. The molecule has 0 spiro atoms. The highest BCUT2D eigenvalue weighted by molar-refractivity contribution is 5.78. The summed E-state index contributed by atoms with van der Waals surface area (Å²) >= 11 is 0. The lowest BCUT2D eigenvalue weighted by Crippen LogP contribution is -2.29. The quantitative estimate of drug-likeness (QED) is 0.934. The SMILES string of the molecule is NC(=O)[C@@H]1CN(Cc2ccccc2)C[C@H]1c1ccccc1. The molecule has 0 unspecified atom stereocenters. The molecule has 0 saturated carbocycles. The number of nitrogens with zero attached hydrogens (tertiary/aromatic N) is 1. The summed E-state index contributed by atoms with van der Waals surface area (Å²) < 4.78 is 0. The average Bonchev–Trinajstić information content (AvgIpc) is 2.93. The highest BCUT2D eigenvalue weighted by Gasteiger charge is 2.37. The smallest absolute Gasteiger partial charge is 0.222 e. The van der Waals surface area contributed by atoms with E-state index in [2.05, 4.69) is 29.2 Å². The molecule has 1 aliphatic heterocycles. The second-order valence-corrected chi connectivity index (χ2v) is 5.71. The summed E-state index contributed by atoms with van der Waals surface area (Å²) in [5.74, 6) is -0.0945. The minimum absolute atomic E-state index is 0.101. The highest BCUT2D eigenvalue weighted by atomic mass is 16.1. The summed E-state index contributed by atoms with van der Waals surface area (Å²) in [5, 5.41) is 0. The van der Waals surface area contributed by atoms with Crippen molar-refractivity contribution in [2.45, 2.75) is 12.5 Å². The number of amides is 1. The molecule has 0 aromatic heterocycles. The van der Waals surface area contributed by atoms with E-state index >= 15 is 0 Å². The molecule has 3 rings (SSSR count). The van der Waals surface area contributed by atoms with Crippen LogP contribution in [0.15, 0.2) is 60.7 Å². The number of hydrogen-bond donors (Lipinski definition) is 1. The zero-order chi connectivity index (χ0) is 14.7. The van der Waals surface area contributed by atoms with Crippen LogP contribution in [0.2, 0.25) is 0 Å². The first kappa shape index (κ1) is 13.8. The first-order valence-corrected chi connectivity index (χ1v) is 7.34. The van der Waals surface area contributed by atoms with Gasteiger partial charge in [0.05, 0.1) is 5.92 Å². The monoisotopic (exact) mass is 280 g/mol. The molecular formula is C18H20N2O. The molecule has 3 nitrogen and oxygen atoms in total. The van der Waals surface area contributed by atoms with E-state index in [1.165, 1.54) is 11.1 Å². The molecule has 21 heavy (non-hydrogen) atoms. The maximum Gasteiger partial charge on any atom is 0.222 e. The number of likely N-dealkylation sites (tertiary alicyclic amines) is 1. The Morgan fingerprint density at radius 1 is 1.00 bits per heavy atom. The van der Waals surface area contributed by atoms with Gasteiger partial charge in [0.1, 0.15) is 0 Å². The summed E-state index contributed by atoms with van der Waals surface area (Å²) in [6.45, 7) is 2.49. The van der Waals surface area contributed by atoms with Crippen LogP contribution in [0.25, 0.3) is 0 Å². The minimum Gasteiger partial charge on any atom is -0.369 e. The normalized spacial score (nSPS) is 22.3. The number of carbonyl (C=O) groups excluding carboxylic acids is 1. The van der Waals surface area contributed by atoms with Gasteiger partial charge in [0, 0.05) is 25.6 Å². The molecular weight excluding hydrogens is 260 g/mol. The van der Waals surface area contributed by atoms with Crippen molar-refractivity contribution in [2.24, 2.45) is 11.7 Å². The molecule has 1 heterocycles. The topological polar surface area (TPSA) is 46.3 Å². The van der Waals surface area contributed by atoms with Gasteiger partial charge in [-0.05, 0) is 11.1 Å². The molecule has 0 bridgehead atoms. The fraction of sp³-hybridized carbons (Fsp3) is 0.278. The molecule has 0 aliphatic carbocycles. The molecule has 1 saturated heterocycles. The van der Waals surface area contributed by atoms with Crippen molar-refractivity contribution in [3.8, 4) is 0 Å². The van der Waals surface area contributed by atoms with Crippen molar-refractivity contribution in [3.63, 3.8) is 0 Å². The van der Waals surface area contributed by atoms with E-state index < -0.39 is 0 Å². The van der Waals surface area contributed by atoms with Crippen LogP contribution in [0.5, 0.6) is 0 Å². The van der Waals surface area contributed by atoms with Gasteiger partial charge in [0.15, 0.2) is 0 Å². The maximum atomic E-state index is 11.8. The molecule has 1 aliphatic rings. The second kappa shape index (κ2) is 6.10. The summed E-state index contributed by atoms with van der Waals surface area (Å²) in [6.07, 6.45) is 0. The van der Waals surface area contributed by atoms with E-state index in [-0.39, 0.29) is 17.7 Å². The summed E-state index contributed by atoms with van der Waals surface area (Å²) in [7, 11) is 0. The van der Waals surface area contributed by atoms with Gasteiger partial charge >= 0.3 is 0 Å². The van der Waals surface area contributed by atoms with E-state index in [9.17, 15) is 4.79 Å². The minimum atomic E-state index is -0.195. The van der Waals surface area contributed by atoms with Crippen LogP contribution in [0, 0.1) is 5.92 Å². The van der Waals surface area contributed by atoms with E-state index in [1.807, 2.05) is 36.4 Å². The van der Waals surface area contributed by atoms with Crippen LogP contribution in [0.4, 0.5) is 0 Å². The third kappa shape index (κ3) is 3.14. The molecule has 108 valence electrons. The van der Waals surface area contributed by atoms with E-state index in [0.717, 1.165) is 19.6 Å². The average molecular weight is 280 g/mol. The Kier molecular flexibility index (Phi) is 4.02. The molecule has 1 amide bonds. The Hall–Kier alpha value is -2.13. The molecule has 0 radical (unpaired) electrons. The van der Waals surface area contributed by atoms with Crippen molar-refractivity contribution < 1.29 is 4.79 Å². The van der Waals surface area contributed by atoms with Crippen molar-refractivity contribution >= 4 is 5.91 Å². The van der Waals surface area contributed by atoms with Gasteiger partial charge in [-0.1, -0.05) is 60.7 Å². The first-order chi connectivity index (χ1) is 10.2. The summed E-state index contributed by atoms with van der Waals surface area (Å²) in [5.41, 5.74) is 8.09. The van der Waals surface area contributed by atoms with E-state index in [4.69, 9.17) is 5.73 Å². The van der Waals surface area contributed by atoms with Gasteiger partial charge in [-0.2, -0.15) is 0 Å². The molecule has 2 atom stereocenters. The van der Waals surface area contributed by atoms with Gasteiger partial charge in [0.2, 0.25) is 5.91 Å². The van der Waals surface area contributed by atoms with Gasteiger partial charge in [0.25, 0.3) is 0 Å². The van der Waals surface area contributed by atoms with Crippen LogP contribution in [-0.4, -0.2) is 23.9 Å². The van der Waals surface area contributed by atoms with E-state index in [0.29, 0.717) is 0 Å². The number of nitrogens with two attached hydrogens (primary N) is 1. The molecule has 1 fully saturated rings. The summed E-state index contributed by atoms with van der Waals surface area (Å²) in [4.78, 5) is 14.1. The van der Waals surface area contributed by atoms with Crippen molar-refractivity contribution in [1.29, 1.82) is 0 Å². The van der Waals surface area contributed by atoms with E-state index in [1.54, 1.807) is 0 Å². The Bertz CT molecular complexity index is 597. The van der Waals surface area contributed by atoms with Crippen LogP contribution in [-0.2, 0) is 11.3 Å². The predicted octanol–water partition coefficient (Wildman–Crippen LogP) is 2.39. The second-order valence-electron chi connectivity index (χ2n) is 5.71. The molecule has 2 aromatic carbocycles. The fourth-order valence-corrected chi connectivity index (χ4v) is 3.18. The Morgan fingerprint density at radius 3 is 2.24 bits per heavy atom. The fourth-order valence-electron chi connectivity index (χ4n) is 3.18. The number of benzene rings is 2. The van der Waals surface area contributed by atoms with Gasteiger partial charge in [-0.25, -0.2) is 0 Å². The number of carbonyl (C=O) groups is 1. The number of hydrogen-bond acceptors (Lipinski definition) is 2. The maximum absolute atomic E-state index is 11.8. The standard InChI is InChI=1S/C18H20N2O/c19-18(21)17-13-20(11-14-7-3-1-4-8-14)12-16(17)15-9-5-2-6-10-15/h1-10,16-17H,11-13H2,(H2,19,21)/t16-,17+/m0/s1. The van der Waals surface area contributed by atoms with Crippen LogP contribution >= 0.6 is 0 Å². The molecule has 3 heteroatoms. The lowest BCUT2D eigenvalue weighted by molar-refractivity contribution is -0.121.